The maximum absolute atomic E-state index is 11.2. The van der Waals surface area contributed by atoms with E-state index >= 15 is 0 Å². The van der Waals surface area contributed by atoms with Crippen LogP contribution in [0.4, 0.5) is 0 Å². The number of nitrogens with zero attached hydrogens (tertiary/aromatic N) is 1. The highest BCUT2D eigenvalue weighted by Gasteiger charge is 2.21. The molecule has 0 radical (unpaired) electrons. The Bertz CT molecular complexity index is 300. The Morgan fingerprint density at radius 2 is 2.54 bits per heavy atom. The van der Waals surface area contributed by atoms with Crippen LogP contribution in [0.3, 0.4) is 0 Å². The Labute approximate surface area is 85.7 Å². The number of esters is 1. The van der Waals surface area contributed by atoms with Gasteiger partial charge in [-0.15, -0.1) is 22.9 Å². The molecule has 1 aromatic heterocycles. The highest BCUT2D eigenvalue weighted by Crippen LogP contribution is 2.24. The molecule has 0 fully saturated rings. The van der Waals surface area contributed by atoms with Crippen LogP contribution in [0.1, 0.15) is 23.0 Å². The maximum atomic E-state index is 11.2. The van der Waals surface area contributed by atoms with Crippen molar-refractivity contribution in [1.29, 1.82) is 0 Å². The van der Waals surface area contributed by atoms with Gasteiger partial charge in [-0.25, -0.2) is 9.78 Å². The second kappa shape index (κ2) is 4.58. The average Bonchev–Trinajstić information content (AvgIpc) is 2.51. The summed E-state index contributed by atoms with van der Waals surface area (Å²) in [6, 6.07) is 0. The number of hydrogen-bond donors (Lipinski definition) is 0. The molecular weight excluding hydrogens is 210 g/mol. The highest BCUT2D eigenvalue weighted by molar-refractivity contribution is 7.10. The molecule has 1 atom stereocenters. The van der Waals surface area contributed by atoms with Crippen molar-refractivity contribution in [2.24, 2.45) is 0 Å². The summed E-state index contributed by atoms with van der Waals surface area (Å²) in [5.74, 6) is -0.432. The molecule has 0 amide bonds. The zero-order valence-corrected chi connectivity index (χ0v) is 8.98. The van der Waals surface area contributed by atoms with Gasteiger partial charge in [0.05, 0.1) is 6.61 Å². The largest absolute Gasteiger partial charge is 0.465 e. The number of hydrogen-bond acceptors (Lipinski definition) is 4. The summed E-state index contributed by atoms with van der Waals surface area (Å²) in [6.45, 7) is 3.94. The van der Waals surface area contributed by atoms with Crippen LogP contribution in [0.15, 0.2) is 5.38 Å². The number of thiazole rings is 1. The zero-order valence-electron chi connectivity index (χ0n) is 7.41. The monoisotopic (exact) mass is 219 g/mol. The summed E-state index contributed by atoms with van der Waals surface area (Å²) in [7, 11) is 0. The molecule has 5 heteroatoms. The number of carbonyl (C=O) groups is 1. The summed E-state index contributed by atoms with van der Waals surface area (Å²) in [4.78, 5) is 15.3. The molecule has 0 bridgehead atoms. The van der Waals surface area contributed by atoms with Crippen LogP contribution >= 0.6 is 22.9 Å². The first kappa shape index (κ1) is 10.5. The smallest absolute Gasteiger partial charge is 0.331 e. The van der Waals surface area contributed by atoms with Crippen molar-refractivity contribution in [2.45, 2.75) is 19.2 Å². The number of carbonyl (C=O) groups excluding carboxylic acids is 1. The Balaban J connectivity index is 2.67. The SMILES string of the molecule is CCOC(=O)C(Cl)c1nc(C)cs1. The first-order valence-electron chi connectivity index (χ1n) is 3.88. The van der Waals surface area contributed by atoms with Gasteiger partial charge in [-0.3, -0.25) is 0 Å². The third kappa shape index (κ3) is 2.67. The fraction of sp³-hybridized carbons (Fsp3) is 0.500. The van der Waals surface area contributed by atoms with E-state index in [9.17, 15) is 4.79 Å². The number of rotatable bonds is 3. The second-order valence-electron chi connectivity index (χ2n) is 2.44. The fourth-order valence-electron chi connectivity index (χ4n) is 0.805. The van der Waals surface area contributed by atoms with E-state index in [0.717, 1.165) is 5.69 Å². The molecule has 0 N–H and O–H groups in total. The van der Waals surface area contributed by atoms with E-state index in [0.29, 0.717) is 11.6 Å². The summed E-state index contributed by atoms with van der Waals surface area (Å²) < 4.78 is 4.76. The number of ether oxygens (including phenoxy) is 1. The normalized spacial score (nSPS) is 12.5. The van der Waals surface area contributed by atoms with Gasteiger partial charge in [-0.1, -0.05) is 0 Å². The van der Waals surface area contributed by atoms with Crippen LogP contribution in [0.25, 0.3) is 0 Å². The highest BCUT2D eigenvalue weighted by atomic mass is 35.5. The molecule has 0 spiro atoms. The van der Waals surface area contributed by atoms with E-state index in [-0.39, 0.29) is 0 Å². The third-order valence-electron chi connectivity index (χ3n) is 1.35. The molecular formula is C8H10ClNO2S. The van der Waals surface area contributed by atoms with Crippen LogP contribution in [0.2, 0.25) is 0 Å². The molecule has 0 aromatic carbocycles. The minimum absolute atomic E-state index is 0.340. The molecule has 13 heavy (non-hydrogen) atoms. The van der Waals surface area contributed by atoms with Crippen LogP contribution in [0, 0.1) is 6.92 Å². The minimum Gasteiger partial charge on any atom is -0.465 e. The van der Waals surface area contributed by atoms with E-state index in [1.54, 1.807) is 6.92 Å². The predicted molar refractivity (Wildman–Crippen MR) is 52.1 cm³/mol. The zero-order chi connectivity index (χ0) is 9.84. The molecule has 0 saturated heterocycles. The Kier molecular flexibility index (Phi) is 3.69. The summed E-state index contributed by atoms with van der Waals surface area (Å²) in [6.07, 6.45) is 0. The van der Waals surface area contributed by atoms with Gasteiger partial charge in [0, 0.05) is 11.1 Å². The summed E-state index contributed by atoms with van der Waals surface area (Å²) in [5.41, 5.74) is 0.870. The Morgan fingerprint density at radius 1 is 1.85 bits per heavy atom. The maximum Gasteiger partial charge on any atom is 0.331 e. The number of aryl methyl sites for hydroxylation is 1. The van der Waals surface area contributed by atoms with Crippen molar-refractivity contribution in [2.75, 3.05) is 6.61 Å². The van der Waals surface area contributed by atoms with E-state index in [2.05, 4.69) is 4.98 Å². The van der Waals surface area contributed by atoms with Gasteiger partial charge >= 0.3 is 5.97 Å². The lowest BCUT2D eigenvalue weighted by atomic mass is 10.4. The van der Waals surface area contributed by atoms with Crippen LogP contribution in [-0.2, 0) is 9.53 Å². The Morgan fingerprint density at radius 3 is 3.00 bits per heavy atom. The van der Waals surface area contributed by atoms with E-state index in [1.165, 1.54) is 11.3 Å². The van der Waals surface area contributed by atoms with Crippen molar-refractivity contribution in [1.82, 2.24) is 4.98 Å². The molecule has 1 rings (SSSR count). The first-order valence-corrected chi connectivity index (χ1v) is 5.19. The van der Waals surface area contributed by atoms with E-state index in [4.69, 9.17) is 16.3 Å². The summed E-state index contributed by atoms with van der Waals surface area (Å²) in [5, 5.41) is 1.68. The van der Waals surface area contributed by atoms with E-state index in [1.807, 2.05) is 12.3 Å². The van der Waals surface area contributed by atoms with Crippen LogP contribution in [0.5, 0.6) is 0 Å². The molecule has 1 aromatic rings. The van der Waals surface area contributed by atoms with Crippen molar-refractivity contribution in [3.63, 3.8) is 0 Å². The molecule has 0 aliphatic carbocycles. The molecule has 72 valence electrons. The molecule has 1 unspecified atom stereocenters. The van der Waals surface area contributed by atoms with Gasteiger partial charge in [0.1, 0.15) is 5.01 Å². The van der Waals surface area contributed by atoms with Crippen molar-refractivity contribution in [3.05, 3.63) is 16.1 Å². The minimum atomic E-state index is -0.765. The second-order valence-corrected chi connectivity index (χ2v) is 3.77. The van der Waals surface area contributed by atoms with Gasteiger partial charge in [0.2, 0.25) is 0 Å². The standard InChI is InChI=1S/C8H10ClNO2S/c1-3-12-8(11)6(9)7-10-5(2)4-13-7/h4,6H,3H2,1-2H3. The number of alkyl halides is 1. The van der Waals surface area contributed by atoms with Crippen molar-refractivity contribution < 1.29 is 9.53 Å². The van der Waals surface area contributed by atoms with Gasteiger partial charge in [0.25, 0.3) is 0 Å². The molecule has 3 nitrogen and oxygen atoms in total. The van der Waals surface area contributed by atoms with Gasteiger partial charge in [-0.05, 0) is 13.8 Å². The number of aromatic nitrogens is 1. The lowest BCUT2D eigenvalue weighted by Crippen LogP contribution is -2.10. The van der Waals surface area contributed by atoms with Crippen LogP contribution in [-0.4, -0.2) is 17.6 Å². The van der Waals surface area contributed by atoms with Gasteiger partial charge < -0.3 is 4.74 Å². The predicted octanol–water partition coefficient (Wildman–Crippen LogP) is 2.29. The first-order chi connectivity index (χ1) is 6.15. The van der Waals surface area contributed by atoms with Gasteiger partial charge in [-0.2, -0.15) is 0 Å². The van der Waals surface area contributed by atoms with Crippen molar-refractivity contribution >= 4 is 28.9 Å². The summed E-state index contributed by atoms with van der Waals surface area (Å²) >= 11 is 7.19. The molecule has 1 heterocycles. The number of halogens is 1. The topological polar surface area (TPSA) is 39.2 Å². The molecule has 0 aliphatic heterocycles. The van der Waals surface area contributed by atoms with E-state index < -0.39 is 11.3 Å². The Hall–Kier alpha value is -0.610. The third-order valence-corrected chi connectivity index (χ3v) is 2.89. The molecule has 0 aliphatic rings. The van der Waals surface area contributed by atoms with Gasteiger partial charge in [0.15, 0.2) is 5.38 Å². The quantitative estimate of drug-likeness (QED) is 0.579. The van der Waals surface area contributed by atoms with Crippen molar-refractivity contribution in [3.8, 4) is 0 Å². The average molecular weight is 220 g/mol. The fourth-order valence-corrected chi connectivity index (χ4v) is 1.83. The molecule has 0 saturated carbocycles. The lowest BCUT2D eigenvalue weighted by molar-refractivity contribution is -0.142. The lowest BCUT2D eigenvalue weighted by Gasteiger charge is -2.04. The van der Waals surface area contributed by atoms with Crippen LogP contribution < -0.4 is 0 Å².